The number of nitro groups is 1. The lowest BCUT2D eigenvalue weighted by Gasteiger charge is -2.30. The average molecular weight is 410 g/mol. The van der Waals surface area contributed by atoms with Crippen molar-refractivity contribution in [3.63, 3.8) is 0 Å². The normalized spacial score (nSPS) is 19.0. The highest BCUT2D eigenvalue weighted by atomic mass is 32.2. The van der Waals surface area contributed by atoms with Gasteiger partial charge in [0.2, 0.25) is 0 Å². The second-order valence-electron chi connectivity index (χ2n) is 6.42. The van der Waals surface area contributed by atoms with E-state index in [0.717, 1.165) is 25.0 Å². The van der Waals surface area contributed by atoms with Crippen molar-refractivity contribution >= 4 is 21.6 Å². The van der Waals surface area contributed by atoms with E-state index in [1.807, 2.05) is 6.92 Å². The molecule has 0 unspecified atom stereocenters. The molecule has 0 bridgehead atoms. The number of nitrogens with zero attached hydrogens (tertiary/aromatic N) is 2. The van der Waals surface area contributed by atoms with E-state index in [1.165, 1.54) is 4.31 Å². The maximum atomic E-state index is 12.7. The molecule has 1 aliphatic rings. The zero-order valence-electron chi connectivity index (χ0n) is 14.6. The van der Waals surface area contributed by atoms with E-state index in [2.05, 4.69) is 10.0 Å². The minimum atomic E-state index is -4.69. The molecule has 1 aromatic rings. The van der Waals surface area contributed by atoms with Crippen molar-refractivity contribution < 1.29 is 26.5 Å². The Balaban J connectivity index is 1.96. The highest BCUT2D eigenvalue weighted by Gasteiger charge is 2.33. The van der Waals surface area contributed by atoms with Crippen LogP contribution in [0.4, 0.5) is 24.5 Å². The van der Waals surface area contributed by atoms with Crippen molar-refractivity contribution in [1.29, 1.82) is 0 Å². The Morgan fingerprint density at radius 1 is 1.33 bits per heavy atom. The van der Waals surface area contributed by atoms with Crippen LogP contribution in [-0.4, -0.2) is 43.8 Å². The quantitative estimate of drug-likeness (QED) is 0.408. The topological polar surface area (TPSA) is 105 Å². The predicted molar refractivity (Wildman–Crippen MR) is 93.5 cm³/mol. The fraction of sp³-hybridized carbons (Fsp3) is 0.600. The third-order valence-corrected chi connectivity index (χ3v) is 5.79. The molecule has 0 amide bonds. The SMILES string of the molecule is C[C@@H]1CCCN(S(=O)(=O)NCCNc2ccc(C(F)(F)F)cc2[N+](=O)[O-])C1. The number of anilines is 1. The molecule has 0 aliphatic carbocycles. The van der Waals surface area contributed by atoms with Crippen LogP contribution in [0.15, 0.2) is 18.2 Å². The smallest absolute Gasteiger partial charge is 0.378 e. The van der Waals surface area contributed by atoms with Crippen LogP contribution in [0.3, 0.4) is 0 Å². The Morgan fingerprint density at radius 2 is 2.04 bits per heavy atom. The molecule has 1 aromatic carbocycles. The van der Waals surface area contributed by atoms with Gasteiger partial charge in [-0.2, -0.15) is 25.9 Å². The van der Waals surface area contributed by atoms with E-state index < -0.39 is 32.6 Å². The summed E-state index contributed by atoms with van der Waals surface area (Å²) in [6.45, 7) is 2.73. The van der Waals surface area contributed by atoms with Crippen LogP contribution >= 0.6 is 0 Å². The molecule has 152 valence electrons. The number of nitro benzene ring substituents is 1. The van der Waals surface area contributed by atoms with Gasteiger partial charge in [0.1, 0.15) is 5.69 Å². The summed E-state index contributed by atoms with van der Waals surface area (Å²) in [7, 11) is -3.66. The summed E-state index contributed by atoms with van der Waals surface area (Å²) in [6.07, 6.45) is -2.95. The third-order valence-electron chi connectivity index (χ3n) is 4.21. The fourth-order valence-electron chi connectivity index (χ4n) is 2.84. The lowest BCUT2D eigenvalue weighted by atomic mass is 10.0. The highest BCUT2D eigenvalue weighted by Crippen LogP contribution is 2.34. The number of piperidine rings is 1. The van der Waals surface area contributed by atoms with Crippen LogP contribution in [0.5, 0.6) is 0 Å². The van der Waals surface area contributed by atoms with E-state index in [4.69, 9.17) is 0 Å². The fourth-order valence-corrected chi connectivity index (χ4v) is 4.20. The van der Waals surface area contributed by atoms with Gasteiger partial charge in [-0.15, -0.1) is 0 Å². The summed E-state index contributed by atoms with van der Waals surface area (Å²) in [5, 5.41) is 13.6. The number of benzene rings is 1. The predicted octanol–water partition coefficient (Wildman–Crippen LogP) is 2.59. The van der Waals surface area contributed by atoms with Crippen molar-refractivity contribution in [2.24, 2.45) is 5.92 Å². The van der Waals surface area contributed by atoms with Crippen molar-refractivity contribution in [3.05, 3.63) is 33.9 Å². The van der Waals surface area contributed by atoms with E-state index in [1.54, 1.807) is 0 Å². The van der Waals surface area contributed by atoms with Gasteiger partial charge in [-0.3, -0.25) is 10.1 Å². The maximum Gasteiger partial charge on any atom is 0.416 e. The summed E-state index contributed by atoms with van der Waals surface area (Å²) >= 11 is 0. The molecular formula is C15H21F3N4O4S. The van der Waals surface area contributed by atoms with Gasteiger partial charge in [-0.1, -0.05) is 6.92 Å². The van der Waals surface area contributed by atoms with Crippen molar-refractivity contribution in [2.75, 3.05) is 31.5 Å². The van der Waals surface area contributed by atoms with Gasteiger partial charge < -0.3 is 5.32 Å². The first-order valence-electron chi connectivity index (χ1n) is 8.35. The highest BCUT2D eigenvalue weighted by molar-refractivity contribution is 7.87. The average Bonchev–Trinajstić information content (AvgIpc) is 2.57. The number of hydrogen-bond donors (Lipinski definition) is 2. The summed E-state index contributed by atoms with van der Waals surface area (Å²) in [6, 6.07) is 2.14. The minimum absolute atomic E-state index is 0.0190. The van der Waals surface area contributed by atoms with Gasteiger partial charge >= 0.3 is 6.18 Å². The first-order chi connectivity index (χ1) is 12.5. The lowest BCUT2D eigenvalue weighted by Crippen LogP contribution is -2.46. The maximum absolute atomic E-state index is 12.7. The molecule has 1 atom stereocenters. The van der Waals surface area contributed by atoms with Gasteiger partial charge in [0, 0.05) is 32.2 Å². The molecule has 2 N–H and O–H groups in total. The van der Waals surface area contributed by atoms with E-state index in [0.29, 0.717) is 19.2 Å². The van der Waals surface area contributed by atoms with Crippen LogP contribution in [0.1, 0.15) is 25.3 Å². The molecule has 2 rings (SSSR count). The van der Waals surface area contributed by atoms with Crippen LogP contribution in [0.2, 0.25) is 0 Å². The number of nitrogens with one attached hydrogen (secondary N) is 2. The van der Waals surface area contributed by atoms with Gasteiger partial charge in [-0.25, -0.2) is 4.72 Å². The Bertz CT molecular complexity index is 786. The number of hydrogen-bond acceptors (Lipinski definition) is 5. The molecule has 0 spiro atoms. The van der Waals surface area contributed by atoms with Gasteiger partial charge in [0.05, 0.1) is 10.5 Å². The van der Waals surface area contributed by atoms with Crippen LogP contribution in [-0.2, 0) is 16.4 Å². The first kappa shape index (κ1) is 21.4. The van der Waals surface area contributed by atoms with Crippen LogP contribution in [0.25, 0.3) is 0 Å². The molecule has 0 aromatic heterocycles. The Morgan fingerprint density at radius 3 is 2.63 bits per heavy atom. The van der Waals surface area contributed by atoms with Gasteiger partial charge in [0.15, 0.2) is 0 Å². The summed E-state index contributed by atoms with van der Waals surface area (Å²) < 4.78 is 66.2. The summed E-state index contributed by atoms with van der Waals surface area (Å²) in [5.41, 5.74) is -1.96. The molecular weight excluding hydrogens is 389 g/mol. The van der Waals surface area contributed by atoms with Crippen molar-refractivity contribution in [3.8, 4) is 0 Å². The van der Waals surface area contributed by atoms with E-state index in [-0.39, 0.29) is 24.7 Å². The second-order valence-corrected chi connectivity index (χ2v) is 8.17. The molecule has 1 saturated heterocycles. The molecule has 0 saturated carbocycles. The first-order valence-corrected chi connectivity index (χ1v) is 9.79. The Labute approximate surface area is 155 Å². The molecule has 1 fully saturated rings. The lowest BCUT2D eigenvalue weighted by molar-refractivity contribution is -0.384. The van der Waals surface area contributed by atoms with Crippen LogP contribution in [0, 0.1) is 16.0 Å². The third kappa shape index (κ3) is 5.78. The number of alkyl halides is 3. The van der Waals surface area contributed by atoms with E-state index >= 15 is 0 Å². The second kappa shape index (κ2) is 8.40. The minimum Gasteiger partial charge on any atom is -0.378 e. The van der Waals surface area contributed by atoms with Gasteiger partial charge in [0.25, 0.3) is 15.9 Å². The standard InChI is InChI=1S/C15H21F3N4O4S/c1-11-3-2-8-21(10-11)27(25,26)20-7-6-19-13-5-4-12(15(16,17)18)9-14(13)22(23)24/h4-5,9,11,19-20H,2-3,6-8,10H2,1H3/t11-/m1/s1. The molecule has 12 heteroatoms. The summed E-state index contributed by atoms with van der Waals surface area (Å²) in [4.78, 5) is 10.1. The molecule has 1 aliphatic heterocycles. The zero-order valence-corrected chi connectivity index (χ0v) is 15.4. The van der Waals surface area contributed by atoms with Crippen molar-refractivity contribution in [2.45, 2.75) is 25.9 Å². The monoisotopic (exact) mass is 410 g/mol. The Hall–Kier alpha value is -1.92. The largest absolute Gasteiger partial charge is 0.416 e. The van der Waals surface area contributed by atoms with Gasteiger partial charge in [-0.05, 0) is 30.9 Å². The molecule has 0 radical (unpaired) electrons. The van der Waals surface area contributed by atoms with E-state index in [9.17, 15) is 31.7 Å². The summed E-state index contributed by atoms with van der Waals surface area (Å²) in [5.74, 6) is 0.267. The molecule has 27 heavy (non-hydrogen) atoms. The van der Waals surface area contributed by atoms with Crippen LogP contribution < -0.4 is 10.0 Å². The number of halogens is 3. The molecule has 8 nitrogen and oxygen atoms in total. The number of rotatable bonds is 7. The zero-order chi connectivity index (χ0) is 20.2. The molecule has 1 heterocycles. The van der Waals surface area contributed by atoms with Crippen molar-refractivity contribution in [1.82, 2.24) is 9.03 Å². The Kier molecular flexibility index (Phi) is 6.65.